The molecule has 5 nitrogen and oxygen atoms in total. The van der Waals surface area contributed by atoms with Gasteiger partial charge in [0.05, 0.1) is 19.3 Å². The minimum absolute atomic E-state index is 0.0602. The topological polar surface area (TPSA) is 48.0 Å². The molecule has 1 saturated heterocycles. The summed E-state index contributed by atoms with van der Waals surface area (Å²) in [7, 11) is 1.66. The lowest BCUT2D eigenvalue weighted by atomic mass is 10.0. The minimum Gasteiger partial charge on any atom is -0.497 e. The average molecular weight is 484 g/mol. The minimum atomic E-state index is -0.546. The molecule has 5 heteroatoms. The average Bonchev–Trinajstić information content (AvgIpc) is 3.39. The van der Waals surface area contributed by atoms with Gasteiger partial charge >= 0.3 is 5.97 Å². The highest BCUT2D eigenvalue weighted by Crippen LogP contribution is 2.50. The van der Waals surface area contributed by atoms with Gasteiger partial charge in [-0.1, -0.05) is 60.7 Å². The molecule has 1 heterocycles. The van der Waals surface area contributed by atoms with Gasteiger partial charge in [-0.25, -0.2) is 4.79 Å². The van der Waals surface area contributed by atoms with Crippen LogP contribution < -0.4 is 4.74 Å². The molecule has 36 heavy (non-hydrogen) atoms. The highest BCUT2D eigenvalue weighted by molar-refractivity contribution is 5.87. The first kappa shape index (κ1) is 24.3. The predicted molar refractivity (Wildman–Crippen MR) is 140 cm³/mol. The monoisotopic (exact) mass is 483 g/mol. The van der Waals surface area contributed by atoms with Crippen molar-refractivity contribution in [1.82, 2.24) is 4.90 Å². The fraction of sp³-hybridized carbons (Fsp3) is 0.323. The van der Waals surface area contributed by atoms with Crippen molar-refractivity contribution >= 4 is 12.0 Å². The Labute approximate surface area is 213 Å². The first-order chi connectivity index (χ1) is 17.3. The third-order valence-electron chi connectivity index (χ3n) is 6.68. The van der Waals surface area contributed by atoms with E-state index in [1.807, 2.05) is 51.1 Å². The fourth-order valence-corrected chi connectivity index (χ4v) is 5.21. The van der Waals surface area contributed by atoms with Gasteiger partial charge in [0.2, 0.25) is 0 Å². The van der Waals surface area contributed by atoms with Gasteiger partial charge in [0.15, 0.2) is 0 Å². The quantitative estimate of drug-likeness (QED) is 0.306. The summed E-state index contributed by atoms with van der Waals surface area (Å²) in [6, 6.07) is 25.2. The third-order valence-corrected chi connectivity index (χ3v) is 6.68. The molecule has 0 amide bonds. The molecular formula is C31H33NO4. The largest absolute Gasteiger partial charge is 0.497 e. The molecule has 3 aromatic rings. The van der Waals surface area contributed by atoms with Crippen LogP contribution in [-0.4, -0.2) is 29.7 Å². The van der Waals surface area contributed by atoms with Crippen LogP contribution in [0.3, 0.4) is 0 Å². The van der Waals surface area contributed by atoms with Crippen LogP contribution in [0.4, 0.5) is 0 Å². The molecular weight excluding hydrogens is 450 g/mol. The van der Waals surface area contributed by atoms with Crippen molar-refractivity contribution in [2.24, 2.45) is 0 Å². The molecule has 5 rings (SSSR count). The SMILES string of the molecule is COc1ccc(/C=C/C(=O)OC(C)(C)C)c(C2O[C@@H]3Cc4ccccc4[C@@H]3N2Cc2ccccc2)c1. The van der Waals surface area contributed by atoms with Crippen molar-refractivity contribution in [1.29, 1.82) is 0 Å². The zero-order valence-corrected chi connectivity index (χ0v) is 21.3. The van der Waals surface area contributed by atoms with Gasteiger partial charge in [-0.05, 0) is 61.2 Å². The van der Waals surface area contributed by atoms with Crippen LogP contribution in [0.15, 0.2) is 78.9 Å². The summed E-state index contributed by atoms with van der Waals surface area (Å²) in [4.78, 5) is 14.9. The number of nitrogens with zero attached hydrogens (tertiary/aromatic N) is 1. The van der Waals surface area contributed by atoms with Crippen molar-refractivity contribution in [2.45, 2.75) is 57.7 Å². The number of fused-ring (bicyclic) bond motifs is 3. The van der Waals surface area contributed by atoms with Gasteiger partial charge in [0, 0.05) is 24.6 Å². The van der Waals surface area contributed by atoms with E-state index in [2.05, 4.69) is 53.4 Å². The van der Waals surface area contributed by atoms with Gasteiger partial charge in [-0.2, -0.15) is 0 Å². The molecule has 186 valence electrons. The first-order valence-corrected chi connectivity index (χ1v) is 12.4. The molecule has 1 aliphatic carbocycles. The van der Waals surface area contributed by atoms with Crippen LogP contribution in [0, 0.1) is 0 Å². The van der Waals surface area contributed by atoms with Crippen molar-refractivity contribution in [2.75, 3.05) is 7.11 Å². The summed E-state index contributed by atoms with van der Waals surface area (Å²) in [5, 5.41) is 0. The summed E-state index contributed by atoms with van der Waals surface area (Å²) in [6.07, 6.45) is 3.96. The maximum Gasteiger partial charge on any atom is 0.331 e. The Bertz CT molecular complexity index is 1260. The van der Waals surface area contributed by atoms with Crippen LogP contribution in [0.2, 0.25) is 0 Å². The van der Waals surface area contributed by atoms with E-state index >= 15 is 0 Å². The van der Waals surface area contributed by atoms with E-state index in [1.54, 1.807) is 7.11 Å². The number of esters is 1. The van der Waals surface area contributed by atoms with E-state index in [-0.39, 0.29) is 24.3 Å². The van der Waals surface area contributed by atoms with Gasteiger partial charge in [-0.3, -0.25) is 4.90 Å². The maximum atomic E-state index is 12.4. The van der Waals surface area contributed by atoms with E-state index in [1.165, 1.54) is 22.8 Å². The molecule has 1 aliphatic heterocycles. The Balaban J connectivity index is 1.53. The number of hydrogen-bond donors (Lipinski definition) is 0. The van der Waals surface area contributed by atoms with E-state index in [9.17, 15) is 4.79 Å². The third kappa shape index (κ3) is 5.08. The standard InChI is InChI=1S/C31H33NO4/c1-31(2,3)36-28(33)17-15-22-14-16-24(34-4)19-26(22)30-32(20-21-10-6-5-7-11-21)29-25-13-9-8-12-23(25)18-27(29)35-30/h5-17,19,27,29-30H,18,20H2,1-4H3/b17-15+/t27-,29+,30?/m1/s1. The highest BCUT2D eigenvalue weighted by Gasteiger charge is 2.48. The predicted octanol–water partition coefficient (Wildman–Crippen LogP) is 6.25. The van der Waals surface area contributed by atoms with Crippen LogP contribution >= 0.6 is 0 Å². The second-order valence-electron chi connectivity index (χ2n) is 10.4. The molecule has 3 aromatic carbocycles. The lowest BCUT2D eigenvalue weighted by Crippen LogP contribution is -2.27. The van der Waals surface area contributed by atoms with Crippen molar-refractivity contribution in [3.8, 4) is 5.75 Å². The van der Waals surface area contributed by atoms with E-state index < -0.39 is 5.60 Å². The van der Waals surface area contributed by atoms with E-state index in [0.717, 1.165) is 29.8 Å². The Hall–Kier alpha value is -3.41. The lowest BCUT2D eigenvalue weighted by molar-refractivity contribution is -0.148. The Morgan fingerprint density at radius 3 is 2.53 bits per heavy atom. The number of carbonyl (C=O) groups is 1. The molecule has 0 radical (unpaired) electrons. The smallest absolute Gasteiger partial charge is 0.331 e. The van der Waals surface area contributed by atoms with Gasteiger partial charge in [-0.15, -0.1) is 0 Å². The van der Waals surface area contributed by atoms with Crippen LogP contribution in [-0.2, 0) is 27.2 Å². The number of rotatable bonds is 6. The van der Waals surface area contributed by atoms with Crippen molar-refractivity contribution in [3.05, 3.63) is 107 Å². The summed E-state index contributed by atoms with van der Waals surface area (Å²) >= 11 is 0. The molecule has 0 aromatic heterocycles. The summed E-state index contributed by atoms with van der Waals surface area (Å²) in [5.41, 5.74) is 5.23. The maximum absolute atomic E-state index is 12.4. The van der Waals surface area contributed by atoms with Crippen LogP contribution in [0.5, 0.6) is 5.75 Å². The molecule has 0 saturated carbocycles. The molecule has 0 N–H and O–H groups in total. The van der Waals surface area contributed by atoms with Crippen LogP contribution in [0.1, 0.15) is 60.9 Å². The Morgan fingerprint density at radius 2 is 1.78 bits per heavy atom. The molecule has 1 unspecified atom stereocenters. The summed E-state index contributed by atoms with van der Waals surface area (Å²) in [5.74, 6) is 0.378. The normalized spacial score (nSPS) is 21.4. The first-order valence-electron chi connectivity index (χ1n) is 12.4. The molecule has 0 spiro atoms. The van der Waals surface area contributed by atoms with E-state index in [0.29, 0.717) is 0 Å². The number of benzene rings is 3. The number of ether oxygens (including phenoxy) is 3. The fourth-order valence-electron chi connectivity index (χ4n) is 5.21. The Kier molecular flexibility index (Phi) is 6.69. The highest BCUT2D eigenvalue weighted by atomic mass is 16.6. The number of carbonyl (C=O) groups excluding carboxylic acids is 1. The summed E-state index contributed by atoms with van der Waals surface area (Å²) < 4.78 is 17.8. The zero-order valence-electron chi connectivity index (χ0n) is 21.3. The Morgan fingerprint density at radius 1 is 1.03 bits per heavy atom. The molecule has 0 bridgehead atoms. The number of methoxy groups -OCH3 is 1. The van der Waals surface area contributed by atoms with Crippen molar-refractivity contribution < 1.29 is 19.0 Å². The zero-order chi connectivity index (χ0) is 25.3. The van der Waals surface area contributed by atoms with Gasteiger partial charge in [0.1, 0.15) is 17.6 Å². The second-order valence-corrected chi connectivity index (χ2v) is 10.4. The van der Waals surface area contributed by atoms with Crippen LogP contribution in [0.25, 0.3) is 6.08 Å². The van der Waals surface area contributed by atoms with E-state index in [4.69, 9.17) is 14.2 Å². The molecule has 1 fully saturated rings. The summed E-state index contributed by atoms with van der Waals surface area (Å²) in [6.45, 7) is 6.33. The molecule has 3 atom stereocenters. The number of hydrogen-bond acceptors (Lipinski definition) is 5. The second kappa shape index (κ2) is 9.92. The van der Waals surface area contributed by atoms with Gasteiger partial charge < -0.3 is 14.2 Å². The van der Waals surface area contributed by atoms with Gasteiger partial charge in [0.25, 0.3) is 0 Å². The molecule has 2 aliphatic rings. The van der Waals surface area contributed by atoms with Crippen molar-refractivity contribution in [3.63, 3.8) is 0 Å². The lowest BCUT2D eigenvalue weighted by Gasteiger charge is -2.29.